The summed E-state index contributed by atoms with van der Waals surface area (Å²) in [4.78, 5) is 6.39. The van der Waals surface area contributed by atoms with Crippen molar-refractivity contribution >= 4 is 11.5 Å². The van der Waals surface area contributed by atoms with Crippen LogP contribution in [-0.4, -0.2) is 32.3 Å². The second kappa shape index (κ2) is 7.71. The van der Waals surface area contributed by atoms with Crippen LogP contribution in [0.25, 0.3) is 0 Å². The number of ether oxygens (including phenoxy) is 1. The van der Waals surface area contributed by atoms with Gasteiger partial charge in [-0.15, -0.1) is 0 Å². The van der Waals surface area contributed by atoms with Crippen LogP contribution in [0.4, 0.5) is 15.9 Å². The maximum absolute atomic E-state index is 13.0. The Morgan fingerprint density at radius 1 is 1.24 bits per heavy atom. The van der Waals surface area contributed by atoms with E-state index in [1.165, 1.54) is 12.1 Å². The average Bonchev–Trinajstić information content (AvgIpc) is 2.52. The summed E-state index contributed by atoms with van der Waals surface area (Å²) in [5.41, 5.74) is 1.98. The van der Waals surface area contributed by atoms with Gasteiger partial charge in [-0.25, -0.2) is 9.37 Å². The van der Waals surface area contributed by atoms with Crippen molar-refractivity contribution in [3.63, 3.8) is 0 Å². The first-order chi connectivity index (χ1) is 10.2. The van der Waals surface area contributed by atoms with Crippen molar-refractivity contribution in [2.45, 2.75) is 6.54 Å². The average molecular weight is 289 g/mol. The van der Waals surface area contributed by atoms with Crippen molar-refractivity contribution < 1.29 is 9.13 Å². The van der Waals surface area contributed by atoms with Crippen molar-refractivity contribution in [2.75, 3.05) is 32.2 Å². The number of anilines is 2. The fraction of sp³-hybridized carbons (Fsp3) is 0.312. The summed E-state index contributed by atoms with van der Waals surface area (Å²) in [6.07, 6.45) is 1.76. The summed E-state index contributed by atoms with van der Waals surface area (Å²) < 4.78 is 18.0. The lowest BCUT2D eigenvalue weighted by Crippen LogP contribution is -2.21. The third-order valence-electron chi connectivity index (χ3n) is 3.20. The van der Waals surface area contributed by atoms with Gasteiger partial charge in [0, 0.05) is 44.7 Å². The van der Waals surface area contributed by atoms with E-state index in [4.69, 9.17) is 4.74 Å². The van der Waals surface area contributed by atoms with Crippen LogP contribution in [-0.2, 0) is 11.3 Å². The minimum Gasteiger partial charge on any atom is -0.383 e. The van der Waals surface area contributed by atoms with Gasteiger partial charge in [-0.3, -0.25) is 0 Å². The van der Waals surface area contributed by atoms with Gasteiger partial charge in [0.15, 0.2) is 0 Å². The van der Waals surface area contributed by atoms with Gasteiger partial charge >= 0.3 is 0 Å². The predicted octanol–water partition coefficient (Wildman–Crippen LogP) is 2.72. The van der Waals surface area contributed by atoms with Crippen LogP contribution in [0.15, 0.2) is 42.6 Å². The van der Waals surface area contributed by atoms with Gasteiger partial charge in [0.25, 0.3) is 0 Å². The number of halogens is 1. The van der Waals surface area contributed by atoms with Crippen LogP contribution in [0, 0.1) is 5.82 Å². The topological polar surface area (TPSA) is 37.4 Å². The van der Waals surface area contributed by atoms with E-state index >= 15 is 0 Å². The summed E-state index contributed by atoms with van der Waals surface area (Å²) >= 11 is 0. The Morgan fingerprint density at radius 3 is 2.71 bits per heavy atom. The standard InChI is InChI=1S/C16H20FN3O/c1-20(15-7-5-14(17)6-8-15)16-13(4-3-9-19-16)12-18-10-11-21-2/h3-9,18H,10-12H2,1-2H3. The first kappa shape index (κ1) is 15.4. The summed E-state index contributed by atoms with van der Waals surface area (Å²) in [6, 6.07) is 10.3. The van der Waals surface area contributed by atoms with Crippen LogP contribution < -0.4 is 10.2 Å². The van der Waals surface area contributed by atoms with Gasteiger partial charge in [0.05, 0.1) is 6.61 Å². The van der Waals surface area contributed by atoms with E-state index in [0.29, 0.717) is 13.2 Å². The molecule has 0 amide bonds. The first-order valence-corrected chi connectivity index (χ1v) is 6.85. The van der Waals surface area contributed by atoms with Gasteiger partial charge < -0.3 is 15.0 Å². The van der Waals surface area contributed by atoms with E-state index in [9.17, 15) is 4.39 Å². The Labute approximate surface area is 124 Å². The molecule has 0 aliphatic carbocycles. The van der Waals surface area contributed by atoms with Gasteiger partial charge in [0.2, 0.25) is 0 Å². The van der Waals surface area contributed by atoms with E-state index in [1.54, 1.807) is 25.4 Å². The number of methoxy groups -OCH3 is 1. The van der Waals surface area contributed by atoms with Crippen LogP contribution in [0.5, 0.6) is 0 Å². The molecule has 1 aromatic carbocycles. The molecule has 5 heteroatoms. The Bertz CT molecular complexity index is 560. The minimum absolute atomic E-state index is 0.241. The van der Waals surface area contributed by atoms with Crippen LogP contribution in [0.2, 0.25) is 0 Å². The van der Waals surface area contributed by atoms with Crippen molar-refractivity contribution in [2.24, 2.45) is 0 Å². The van der Waals surface area contributed by atoms with Crippen molar-refractivity contribution in [3.8, 4) is 0 Å². The third-order valence-corrected chi connectivity index (χ3v) is 3.20. The Balaban J connectivity index is 2.12. The molecular weight excluding hydrogens is 269 g/mol. The number of nitrogens with one attached hydrogen (secondary N) is 1. The maximum atomic E-state index is 13.0. The van der Waals surface area contributed by atoms with E-state index in [1.807, 2.05) is 24.1 Å². The highest BCUT2D eigenvalue weighted by molar-refractivity contribution is 5.61. The number of rotatable bonds is 7. The number of benzene rings is 1. The smallest absolute Gasteiger partial charge is 0.137 e. The minimum atomic E-state index is -0.241. The number of aromatic nitrogens is 1. The zero-order valence-corrected chi connectivity index (χ0v) is 12.3. The summed E-state index contributed by atoms with van der Waals surface area (Å²) in [6.45, 7) is 2.16. The van der Waals surface area contributed by atoms with E-state index in [0.717, 1.165) is 23.6 Å². The fourth-order valence-electron chi connectivity index (χ4n) is 2.05. The molecule has 1 N–H and O–H groups in total. The number of pyridine rings is 1. The molecule has 1 aromatic heterocycles. The molecular formula is C16H20FN3O. The predicted molar refractivity (Wildman–Crippen MR) is 82.3 cm³/mol. The molecule has 0 atom stereocenters. The lowest BCUT2D eigenvalue weighted by Gasteiger charge is -2.21. The van der Waals surface area contributed by atoms with E-state index in [-0.39, 0.29) is 5.82 Å². The van der Waals surface area contributed by atoms with E-state index < -0.39 is 0 Å². The Hall–Kier alpha value is -1.98. The molecule has 0 saturated heterocycles. The fourth-order valence-corrected chi connectivity index (χ4v) is 2.05. The highest BCUT2D eigenvalue weighted by Gasteiger charge is 2.10. The number of hydrogen-bond donors (Lipinski definition) is 1. The second-order valence-corrected chi connectivity index (χ2v) is 4.69. The SMILES string of the molecule is COCCNCc1cccnc1N(C)c1ccc(F)cc1. The quantitative estimate of drug-likeness (QED) is 0.795. The molecule has 4 nitrogen and oxygen atoms in total. The zero-order chi connectivity index (χ0) is 15.1. The molecule has 0 spiro atoms. The molecule has 0 unspecified atom stereocenters. The molecule has 1 heterocycles. The molecule has 0 aliphatic heterocycles. The highest BCUT2D eigenvalue weighted by Crippen LogP contribution is 2.24. The molecule has 0 aliphatic rings. The molecule has 112 valence electrons. The molecule has 2 rings (SSSR count). The molecule has 0 radical (unpaired) electrons. The van der Waals surface area contributed by atoms with Crippen molar-refractivity contribution in [1.82, 2.24) is 10.3 Å². The van der Waals surface area contributed by atoms with Crippen LogP contribution in [0.1, 0.15) is 5.56 Å². The Morgan fingerprint density at radius 2 is 2.00 bits per heavy atom. The summed E-state index contributed by atoms with van der Waals surface area (Å²) in [5, 5.41) is 3.31. The normalized spacial score (nSPS) is 10.6. The monoisotopic (exact) mass is 289 g/mol. The highest BCUT2D eigenvalue weighted by atomic mass is 19.1. The van der Waals surface area contributed by atoms with Crippen LogP contribution in [0.3, 0.4) is 0 Å². The molecule has 21 heavy (non-hydrogen) atoms. The summed E-state index contributed by atoms with van der Waals surface area (Å²) in [7, 11) is 3.60. The maximum Gasteiger partial charge on any atom is 0.137 e. The lowest BCUT2D eigenvalue weighted by atomic mass is 10.2. The zero-order valence-electron chi connectivity index (χ0n) is 12.3. The first-order valence-electron chi connectivity index (χ1n) is 6.85. The second-order valence-electron chi connectivity index (χ2n) is 4.69. The van der Waals surface area contributed by atoms with Gasteiger partial charge in [-0.2, -0.15) is 0 Å². The van der Waals surface area contributed by atoms with Crippen LogP contribution >= 0.6 is 0 Å². The number of nitrogens with zero attached hydrogens (tertiary/aromatic N) is 2. The van der Waals surface area contributed by atoms with Gasteiger partial charge in [-0.05, 0) is 30.3 Å². The number of hydrogen-bond acceptors (Lipinski definition) is 4. The lowest BCUT2D eigenvalue weighted by molar-refractivity contribution is 0.199. The third kappa shape index (κ3) is 4.24. The summed E-state index contributed by atoms with van der Waals surface area (Å²) in [5.74, 6) is 0.614. The Kier molecular flexibility index (Phi) is 5.66. The van der Waals surface area contributed by atoms with E-state index in [2.05, 4.69) is 10.3 Å². The molecule has 2 aromatic rings. The molecule has 0 saturated carbocycles. The van der Waals surface area contributed by atoms with Gasteiger partial charge in [-0.1, -0.05) is 6.07 Å². The van der Waals surface area contributed by atoms with Crippen molar-refractivity contribution in [3.05, 3.63) is 54.0 Å². The van der Waals surface area contributed by atoms with Crippen molar-refractivity contribution in [1.29, 1.82) is 0 Å². The van der Waals surface area contributed by atoms with Gasteiger partial charge in [0.1, 0.15) is 11.6 Å². The molecule has 0 bridgehead atoms. The molecule has 0 fully saturated rings. The largest absolute Gasteiger partial charge is 0.383 e.